The Labute approximate surface area is 228 Å². The predicted octanol–water partition coefficient (Wildman–Crippen LogP) is 5.12. The third-order valence-electron chi connectivity index (χ3n) is 5.66. The van der Waals surface area contributed by atoms with Crippen LogP contribution >= 0.6 is 34.8 Å². The van der Waals surface area contributed by atoms with Gasteiger partial charge in [0.05, 0.1) is 28.8 Å². The third-order valence-corrected chi connectivity index (χ3v) is 7.78. The predicted molar refractivity (Wildman–Crippen MR) is 144 cm³/mol. The van der Waals surface area contributed by atoms with Crippen LogP contribution in [-0.4, -0.2) is 61.7 Å². The van der Waals surface area contributed by atoms with E-state index in [1.165, 1.54) is 6.92 Å². The first-order chi connectivity index (χ1) is 16.7. The number of sulfonamides is 1. The van der Waals surface area contributed by atoms with E-state index in [9.17, 15) is 18.3 Å². The molecule has 0 aromatic heterocycles. The molecule has 0 spiro atoms. The van der Waals surface area contributed by atoms with Crippen molar-refractivity contribution in [3.8, 4) is 11.5 Å². The van der Waals surface area contributed by atoms with E-state index in [4.69, 9.17) is 44.3 Å². The Kier molecular flexibility index (Phi) is 10.8. The fourth-order valence-corrected chi connectivity index (χ4v) is 5.17. The molecule has 36 heavy (non-hydrogen) atoms. The lowest BCUT2D eigenvalue weighted by Gasteiger charge is -2.27. The molecule has 7 nitrogen and oxygen atoms in total. The van der Waals surface area contributed by atoms with Crippen LogP contribution in [-0.2, 0) is 20.2 Å². The van der Waals surface area contributed by atoms with E-state index in [0.717, 1.165) is 21.7 Å². The van der Waals surface area contributed by atoms with Crippen LogP contribution in [0, 0.1) is 5.92 Å². The molecule has 0 aliphatic heterocycles. The lowest BCUT2D eigenvalue weighted by Crippen LogP contribution is -2.38. The molecule has 0 heterocycles. The fraction of sp³-hybridized carbons (Fsp3) is 0.480. The maximum absolute atomic E-state index is 11.8. The van der Waals surface area contributed by atoms with Gasteiger partial charge < -0.3 is 14.6 Å². The molecule has 2 aromatic rings. The smallest absolute Gasteiger partial charge is 0.234 e. The minimum absolute atomic E-state index is 0.0210. The van der Waals surface area contributed by atoms with Gasteiger partial charge in [-0.3, -0.25) is 4.79 Å². The van der Waals surface area contributed by atoms with E-state index in [-0.39, 0.29) is 31.6 Å². The Morgan fingerprint density at radius 1 is 1.06 bits per heavy atom. The average Bonchev–Trinajstić information content (AvgIpc) is 2.79. The van der Waals surface area contributed by atoms with Gasteiger partial charge in [0, 0.05) is 24.8 Å². The van der Waals surface area contributed by atoms with Crippen LogP contribution in [0.25, 0.3) is 0 Å². The monoisotopic (exact) mass is 579 g/mol. The Bertz CT molecular complexity index is 1130. The quantitative estimate of drug-likeness (QED) is 0.350. The van der Waals surface area contributed by atoms with Gasteiger partial charge in [0.2, 0.25) is 15.9 Å². The molecule has 200 valence electrons. The lowest BCUT2D eigenvalue weighted by molar-refractivity contribution is -0.124. The summed E-state index contributed by atoms with van der Waals surface area (Å²) in [5.74, 6) is 0.224. The number of aliphatic hydroxyl groups excluding tert-OH is 1. The summed E-state index contributed by atoms with van der Waals surface area (Å²) in [6.07, 6.45) is 0.182. The number of carbonyl (C=O) groups excluding carboxylic acids is 1. The highest BCUT2D eigenvalue weighted by Crippen LogP contribution is 2.40. The molecule has 0 unspecified atom stereocenters. The van der Waals surface area contributed by atoms with E-state index >= 15 is 0 Å². The van der Waals surface area contributed by atoms with E-state index in [2.05, 4.69) is 0 Å². The Hall–Kier alpha value is -1.71. The van der Waals surface area contributed by atoms with Crippen molar-refractivity contribution < 1.29 is 27.8 Å². The number of alkyl halides is 1. The molecule has 0 fully saturated rings. The van der Waals surface area contributed by atoms with Crippen LogP contribution in [0.1, 0.15) is 38.8 Å². The SMILES string of the molecule is CC(=O)N(C[C@H](C)COc1ccc(C(C)(C)c2cc(Cl)c(OC[C@H](O)CCl)c(Cl)c2)cc1)S(C)(=O)=O. The zero-order valence-corrected chi connectivity index (χ0v) is 24.0. The number of carbonyl (C=O) groups is 1. The molecule has 0 saturated carbocycles. The molecule has 2 atom stereocenters. The molecule has 0 saturated heterocycles. The Morgan fingerprint density at radius 3 is 2.08 bits per heavy atom. The number of benzene rings is 2. The van der Waals surface area contributed by atoms with Crippen LogP contribution in [0.15, 0.2) is 36.4 Å². The van der Waals surface area contributed by atoms with E-state index < -0.39 is 27.4 Å². The van der Waals surface area contributed by atoms with Gasteiger partial charge in [-0.25, -0.2) is 12.7 Å². The summed E-state index contributed by atoms with van der Waals surface area (Å²) < 4.78 is 35.8. The number of nitrogens with zero attached hydrogens (tertiary/aromatic N) is 1. The van der Waals surface area contributed by atoms with Gasteiger partial charge in [-0.2, -0.15) is 0 Å². The molecule has 0 radical (unpaired) electrons. The number of aliphatic hydroxyl groups is 1. The third kappa shape index (κ3) is 8.15. The van der Waals surface area contributed by atoms with Gasteiger partial charge in [0.25, 0.3) is 0 Å². The van der Waals surface area contributed by atoms with E-state index in [1.54, 1.807) is 12.1 Å². The van der Waals surface area contributed by atoms with Crippen LogP contribution in [0.3, 0.4) is 0 Å². The molecular weight excluding hydrogens is 549 g/mol. The second-order valence-electron chi connectivity index (χ2n) is 9.27. The Balaban J connectivity index is 2.10. The van der Waals surface area contributed by atoms with Crippen LogP contribution < -0.4 is 9.47 Å². The highest BCUT2D eigenvalue weighted by atomic mass is 35.5. The highest BCUT2D eigenvalue weighted by molar-refractivity contribution is 7.88. The van der Waals surface area contributed by atoms with Crippen LogP contribution in [0.5, 0.6) is 11.5 Å². The zero-order valence-electron chi connectivity index (χ0n) is 20.9. The highest BCUT2D eigenvalue weighted by Gasteiger charge is 2.26. The average molecular weight is 581 g/mol. The van der Waals surface area contributed by atoms with Crippen molar-refractivity contribution in [2.75, 3.05) is 31.9 Å². The summed E-state index contributed by atoms with van der Waals surface area (Å²) in [5.41, 5.74) is 1.40. The van der Waals surface area contributed by atoms with Gasteiger partial charge in [-0.05, 0) is 35.4 Å². The van der Waals surface area contributed by atoms with Crippen LogP contribution in [0.4, 0.5) is 0 Å². The van der Waals surface area contributed by atoms with Crippen molar-refractivity contribution in [1.82, 2.24) is 4.31 Å². The summed E-state index contributed by atoms with van der Waals surface area (Å²) in [5, 5.41) is 10.3. The summed E-state index contributed by atoms with van der Waals surface area (Å²) >= 11 is 18.5. The molecule has 11 heteroatoms. The largest absolute Gasteiger partial charge is 0.493 e. The second kappa shape index (κ2) is 12.7. The van der Waals surface area contributed by atoms with E-state index in [1.807, 2.05) is 45.0 Å². The molecule has 2 aromatic carbocycles. The molecule has 0 bridgehead atoms. The maximum Gasteiger partial charge on any atom is 0.234 e. The minimum Gasteiger partial charge on any atom is -0.493 e. The van der Waals surface area contributed by atoms with E-state index in [0.29, 0.717) is 21.5 Å². The number of rotatable bonds is 12. The van der Waals surface area contributed by atoms with Crippen molar-refractivity contribution in [3.05, 3.63) is 57.6 Å². The summed E-state index contributed by atoms with van der Waals surface area (Å²) in [6, 6.07) is 11.1. The molecule has 0 aliphatic carbocycles. The molecule has 0 aliphatic rings. The van der Waals surface area contributed by atoms with Gasteiger partial charge >= 0.3 is 0 Å². The Morgan fingerprint density at radius 2 is 1.61 bits per heavy atom. The number of hydrogen-bond donors (Lipinski definition) is 1. The summed E-state index contributed by atoms with van der Waals surface area (Å²) in [7, 11) is -3.62. The van der Waals surface area contributed by atoms with Crippen molar-refractivity contribution in [1.29, 1.82) is 0 Å². The normalized spacial score (nSPS) is 13.7. The lowest BCUT2D eigenvalue weighted by atomic mass is 9.78. The number of ether oxygens (including phenoxy) is 2. The summed E-state index contributed by atoms with van der Waals surface area (Å²) in [4.78, 5) is 11.6. The number of halogens is 3. The molecule has 1 amide bonds. The topological polar surface area (TPSA) is 93.1 Å². The van der Waals surface area contributed by atoms with Gasteiger partial charge in [-0.15, -0.1) is 11.6 Å². The molecule has 1 N–H and O–H groups in total. The number of amides is 1. The second-order valence-corrected chi connectivity index (χ2v) is 12.3. The first kappa shape index (κ1) is 30.5. The minimum atomic E-state index is -3.62. The van der Waals surface area contributed by atoms with Crippen molar-refractivity contribution in [2.24, 2.45) is 5.92 Å². The van der Waals surface area contributed by atoms with Crippen molar-refractivity contribution in [3.63, 3.8) is 0 Å². The van der Waals surface area contributed by atoms with Gasteiger partial charge in [0.15, 0.2) is 5.75 Å². The fourth-order valence-electron chi connectivity index (χ4n) is 3.49. The van der Waals surface area contributed by atoms with Crippen molar-refractivity contribution in [2.45, 2.75) is 39.2 Å². The zero-order chi connectivity index (χ0) is 27.3. The molecular formula is C25H32Cl3NO6S. The standard InChI is InChI=1S/C25H32Cl3NO6S/c1-16(13-29(17(2)30)36(5,32)33)14-34-21-8-6-18(7-9-21)25(3,4)19-10-22(27)24(23(28)11-19)35-15-20(31)12-26/h6-11,16,20,31H,12-15H2,1-5H3/t16-,20+/m0/s1. The van der Waals surface area contributed by atoms with Crippen LogP contribution in [0.2, 0.25) is 10.0 Å². The van der Waals surface area contributed by atoms with Gasteiger partial charge in [-0.1, -0.05) is 56.1 Å². The van der Waals surface area contributed by atoms with Crippen molar-refractivity contribution >= 4 is 50.7 Å². The number of hydrogen-bond acceptors (Lipinski definition) is 6. The summed E-state index contributed by atoms with van der Waals surface area (Å²) in [6.45, 7) is 7.38. The maximum atomic E-state index is 11.8. The molecule has 2 rings (SSSR count). The van der Waals surface area contributed by atoms with Gasteiger partial charge in [0.1, 0.15) is 18.5 Å². The first-order valence-electron chi connectivity index (χ1n) is 11.2. The first-order valence-corrected chi connectivity index (χ1v) is 14.4.